The summed E-state index contributed by atoms with van der Waals surface area (Å²) in [6.45, 7) is 3.12. The van der Waals surface area contributed by atoms with Crippen LogP contribution in [0.4, 0.5) is 5.82 Å². The molecule has 154 valence electrons. The number of aryl methyl sites for hydroxylation is 1. The van der Waals surface area contributed by atoms with E-state index in [4.69, 9.17) is 14.2 Å². The number of hydrogen-bond donors (Lipinski definition) is 1. The lowest BCUT2D eigenvalue weighted by Gasteiger charge is -2.33. The lowest BCUT2D eigenvalue weighted by molar-refractivity contribution is -0.177. The first kappa shape index (κ1) is 20.3. The molecular formula is C18H20N4O7. The van der Waals surface area contributed by atoms with Crippen molar-refractivity contribution in [3.8, 4) is 11.6 Å². The number of nitrogens with zero attached hydrogens (tertiary/aromatic N) is 4. The first-order chi connectivity index (χ1) is 13.8. The first-order valence-electron chi connectivity index (χ1n) is 8.72. The molecule has 0 bridgehead atoms. The molecule has 1 aliphatic rings. The molecule has 2 aromatic heterocycles. The number of rotatable bonds is 6. The normalized spacial score (nSPS) is 17.7. The largest absolute Gasteiger partial charge is 0.481 e. The van der Waals surface area contributed by atoms with Gasteiger partial charge in [0.15, 0.2) is 11.9 Å². The predicted molar refractivity (Wildman–Crippen MR) is 97.9 cm³/mol. The SMILES string of the molecule is COc1cc(-n2nc(N3CCO[C@H](C(OC(C)=O)C(=O)O)C3=O)cc2C)ccn1. The topological polar surface area (TPSA) is 133 Å². The standard InChI is InChI=1S/C18H20N4O7/c1-10-8-13(20-22(10)12-4-5-19-14(9-12)27-3)21-6-7-28-15(17(21)24)16(18(25)26)29-11(2)23/h4-5,8-9,15-16H,6-7H2,1-3H3,(H,25,26)/t15-,16?/m1/s1. The lowest BCUT2D eigenvalue weighted by atomic mass is 10.1. The van der Waals surface area contributed by atoms with Crippen LogP contribution < -0.4 is 9.64 Å². The van der Waals surface area contributed by atoms with Crippen molar-refractivity contribution in [1.82, 2.24) is 14.8 Å². The number of aromatic nitrogens is 3. The minimum atomic E-state index is -1.74. The molecule has 0 saturated carbocycles. The maximum atomic E-state index is 12.9. The molecule has 1 fully saturated rings. The molecule has 0 spiro atoms. The summed E-state index contributed by atoms with van der Waals surface area (Å²) < 4.78 is 16.8. The molecule has 3 rings (SSSR count). The van der Waals surface area contributed by atoms with Gasteiger partial charge in [-0.2, -0.15) is 0 Å². The molecule has 29 heavy (non-hydrogen) atoms. The van der Waals surface area contributed by atoms with Gasteiger partial charge in [-0.05, 0) is 13.0 Å². The molecule has 3 heterocycles. The number of hydrogen-bond acceptors (Lipinski definition) is 8. The van der Waals surface area contributed by atoms with Gasteiger partial charge < -0.3 is 19.3 Å². The number of ether oxygens (including phenoxy) is 3. The van der Waals surface area contributed by atoms with Crippen molar-refractivity contribution in [2.75, 3.05) is 25.2 Å². The Balaban J connectivity index is 1.89. The van der Waals surface area contributed by atoms with E-state index in [2.05, 4.69) is 10.1 Å². The Morgan fingerprint density at radius 3 is 2.79 bits per heavy atom. The van der Waals surface area contributed by atoms with Gasteiger partial charge in [0.05, 0.1) is 25.9 Å². The second-order valence-corrected chi connectivity index (χ2v) is 6.26. The van der Waals surface area contributed by atoms with Crippen LogP contribution in [-0.4, -0.2) is 70.2 Å². The van der Waals surface area contributed by atoms with E-state index in [1.807, 2.05) is 6.92 Å². The van der Waals surface area contributed by atoms with Crippen molar-refractivity contribution in [2.24, 2.45) is 0 Å². The van der Waals surface area contributed by atoms with Crippen LogP contribution in [0.3, 0.4) is 0 Å². The van der Waals surface area contributed by atoms with Crippen LogP contribution >= 0.6 is 0 Å². The van der Waals surface area contributed by atoms with Crippen molar-refractivity contribution in [3.05, 3.63) is 30.1 Å². The van der Waals surface area contributed by atoms with Gasteiger partial charge in [0.1, 0.15) is 0 Å². The third kappa shape index (κ3) is 4.19. The molecule has 0 aliphatic carbocycles. The Labute approximate surface area is 165 Å². The van der Waals surface area contributed by atoms with Gasteiger partial charge in [0, 0.05) is 30.9 Å². The molecule has 1 aliphatic heterocycles. The fraction of sp³-hybridized carbons (Fsp3) is 0.389. The van der Waals surface area contributed by atoms with Crippen LogP contribution in [0.25, 0.3) is 5.69 Å². The zero-order chi connectivity index (χ0) is 21.1. The zero-order valence-corrected chi connectivity index (χ0v) is 16.1. The third-order valence-corrected chi connectivity index (χ3v) is 4.26. The van der Waals surface area contributed by atoms with Gasteiger partial charge in [0.25, 0.3) is 5.91 Å². The number of morpholine rings is 1. The number of pyridine rings is 1. The maximum absolute atomic E-state index is 12.9. The van der Waals surface area contributed by atoms with E-state index in [0.717, 1.165) is 12.6 Å². The fourth-order valence-corrected chi connectivity index (χ4v) is 2.96. The molecule has 1 saturated heterocycles. The Morgan fingerprint density at radius 2 is 2.14 bits per heavy atom. The van der Waals surface area contributed by atoms with Gasteiger partial charge in [0.2, 0.25) is 12.0 Å². The van der Waals surface area contributed by atoms with Crippen LogP contribution in [0.5, 0.6) is 5.88 Å². The first-order valence-corrected chi connectivity index (χ1v) is 8.72. The van der Waals surface area contributed by atoms with E-state index >= 15 is 0 Å². The lowest BCUT2D eigenvalue weighted by Crippen LogP contribution is -2.55. The average Bonchev–Trinajstić information content (AvgIpc) is 3.07. The van der Waals surface area contributed by atoms with Crippen LogP contribution in [-0.2, 0) is 23.9 Å². The van der Waals surface area contributed by atoms with Crippen LogP contribution in [0.15, 0.2) is 24.4 Å². The van der Waals surface area contributed by atoms with E-state index in [1.54, 1.807) is 29.1 Å². The highest BCUT2D eigenvalue weighted by Gasteiger charge is 2.43. The third-order valence-electron chi connectivity index (χ3n) is 4.26. The molecule has 11 heteroatoms. The molecule has 2 aromatic rings. The summed E-state index contributed by atoms with van der Waals surface area (Å²) in [6, 6.07) is 5.11. The second kappa shape index (κ2) is 8.27. The number of carboxylic acid groups (broad SMARTS) is 1. The summed E-state index contributed by atoms with van der Waals surface area (Å²) >= 11 is 0. The Bertz CT molecular complexity index is 942. The summed E-state index contributed by atoms with van der Waals surface area (Å²) in [7, 11) is 1.50. The monoisotopic (exact) mass is 404 g/mol. The highest BCUT2D eigenvalue weighted by molar-refractivity contribution is 6.00. The minimum absolute atomic E-state index is 0.0659. The van der Waals surface area contributed by atoms with Crippen LogP contribution in [0.1, 0.15) is 12.6 Å². The van der Waals surface area contributed by atoms with E-state index in [1.165, 1.54) is 12.0 Å². The fourth-order valence-electron chi connectivity index (χ4n) is 2.96. The summed E-state index contributed by atoms with van der Waals surface area (Å²) in [5.41, 5.74) is 1.42. The molecule has 1 amide bonds. The quantitative estimate of drug-likeness (QED) is 0.676. The van der Waals surface area contributed by atoms with Gasteiger partial charge in [-0.15, -0.1) is 5.10 Å². The van der Waals surface area contributed by atoms with E-state index < -0.39 is 30.1 Å². The Kier molecular flexibility index (Phi) is 5.78. The summed E-state index contributed by atoms with van der Waals surface area (Å²) in [6.07, 6.45) is -1.63. The van der Waals surface area contributed by atoms with Crippen molar-refractivity contribution in [1.29, 1.82) is 0 Å². The second-order valence-electron chi connectivity index (χ2n) is 6.26. The van der Waals surface area contributed by atoms with Gasteiger partial charge in [-0.1, -0.05) is 0 Å². The number of methoxy groups -OCH3 is 1. The maximum Gasteiger partial charge on any atom is 0.348 e. The molecule has 1 unspecified atom stereocenters. The number of carbonyl (C=O) groups excluding carboxylic acids is 2. The molecule has 2 atom stereocenters. The number of amides is 1. The zero-order valence-electron chi connectivity index (χ0n) is 16.1. The van der Waals surface area contributed by atoms with Crippen molar-refractivity contribution >= 4 is 23.7 Å². The highest BCUT2D eigenvalue weighted by atomic mass is 16.6. The number of carbonyl (C=O) groups is 3. The predicted octanol–water partition coefficient (Wildman–Crippen LogP) is 0.332. The average molecular weight is 404 g/mol. The Hall–Kier alpha value is -3.47. The molecule has 0 aromatic carbocycles. The Morgan fingerprint density at radius 1 is 1.38 bits per heavy atom. The molecule has 11 nitrogen and oxygen atoms in total. The summed E-state index contributed by atoms with van der Waals surface area (Å²) in [5, 5.41) is 13.8. The molecule has 0 radical (unpaired) electrons. The van der Waals surface area contributed by atoms with Crippen molar-refractivity contribution in [3.63, 3.8) is 0 Å². The molecule has 1 N–H and O–H groups in total. The summed E-state index contributed by atoms with van der Waals surface area (Å²) in [5.74, 6) is -2.21. The van der Waals surface area contributed by atoms with Gasteiger partial charge in [-0.3, -0.25) is 14.5 Å². The minimum Gasteiger partial charge on any atom is -0.481 e. The molecular weight excluding hydrogens is 384 g/mol. The number of aliphatic carboxylic acids is 1. The van der Waals surface area contributed by atoms with E-state index in [9.17, 15) is 19.5 Å². The van der Waals surface area contributed by atoms with Crippen LogP contribution in [0, 0.1) is 6.92 Å². The number of esters is 1. The van der Waals surface area contributed by atoms with E-state index in [0.29, 0.717) is 17.4 Å². The number of anilines is 1. The highest BCUT2D eigenvalue weighted by Crippen LogP contribution is 2.24. The van der Waals surface area contributed by atoms with Crippen molar-refractivity contribution in [2.45, 2.75) is 26.1 Å². The summed E-state index contributed by atoms with van der Waals surface area (Å²) in [4.78, 5) is 40.9. The number of carboxylic acids is 1. The van der Waals surface area contributed by atoms with Gasteiger partial charge in [-0.25, -0.2) is 14.5 Å². The van der Waals surface area contributed by atoms with Crippen molar-refractivity contribution < 1.29 is 33.7 Å². The van der Waals surface area contributed by atoms with Crippen LogP contribution in [0.2, 0.25) is 0 Å². The van der Waals surface area contributed by atoms with E-state index in [-0.39, 0.29) is 13.2 Å². The van der Waals surface area contributed by atoms with Gasteiger partial charge >= 0.3 is 11.9 Å². The smallest absolute Gasteiger partial charge is 0.348 e.